The average Bonchev–Trinajstić information content (AvgIpc) is 2.54. The summed E-state index contributed by atoms with van der Waals surface area (Å²) in [6.45, 7) is 7.37. The highest BCUT2D eigenvalue weighted by Crippen LogP contribution is 2.22. The van der Waals surface area contributed by atoms with Crippen LogP contribution < -0.4 is 4.74 Å². The van der Waals surface area contributed by atoms with Crippen LogP contribution in [0.2, 0.25) is 0 Å². The van der Waals surface area contributed by atoms with Gasteiger partial charge < -0.3 is 14.7 Å². The SMILES string of the molecule is Cc1cccc(C)c1OCCCN(C)CC(=O)N1CCC(O)CC1. The molecule has 1 aromatic carbocycles. The van der Waals surface area contributed by atoms with Gasteiger partial charge >= 0.3 is 0 Å². The fraction of sp³-hybridized carbons (Fsp3) is 0.632. The van der Waals surface area contributed by atoms with E-state index in [-0.39, 0.29) is 12.0 Å². The number of nitrogens with zero attached hydrogens (tertiary/aromatic N) is 2. The zero-order chi connectivity index (χ0) is 17.5. The summed E-state index contributed by atoms with van der Waals surface area (Å²) < 4.78 is 5.90. The van der Waals surface area contributed by atoms with Crippen molar-refractivity contribution >= 4 is 5.91 Å². The minimum absolute atomic E-state index is 0.153. The number of benzene rings is 1. The molecule has 0 saturated carbocycles. The number of likely N-dealkylation sites (tertiary alicyclic amines) is 1. The van der Waals surface area contributed by atoms with Crippen molar-refractivity contribution in [1.82, 2.24) is 9.80 Å². The van der Waals surface area contributed by atoms with Crippen LogP contribution >= 0.6 is 0 Å². The van der Waals surface area contributed by atoms with Gasteiger partial charge in [0, 0.05) is 19.6 Å². The van der Waals surface area contributed by atoms with Gasteiger partial charge in [0.2, 0.25) is 5.91 Å². The Labute approximate surface area is 145 Å². The van der Waals surface area contributed by atoms with Crippen LogP contribution in [0.15, 0.2) is 18.2 Å². The van der Waals surface area contributed by atoms with Crippen LogP contribution in [0.25, 0.3) is 0 Å². The Hall–Kier alpha value is -1.59. The van der Waals surface area contributed by atoms with Gasteiger partial charge in [0.05, 0.1) is 19.3 Å². The molecular weight excluding hydrogens is 304 g/mol. The minimum Gasteiger partial charge on any atom is -0.493 e. The summed E-state index contributed by atoms with van der Waals surface area (Å²) in [5.41, 5.74) is 2.32. The molecule has 1 heterocycles. The molecule has 0 radical (unpaired) electrons. The van der Waals surface area contributed by atoms with Gasteiger partial charge in [-0.3, -0.25) is 9.69 Å². The highest BCUT2D eigenvalue weighted by molar-refractivity contribution is 5.78. The number of ether oxygens (including phenoxy) is 1. The number of rotatable bonds is 7. The minimum atomic E-state index is -0.242. The number of amides is 1. The topological polar surface area (TPSA) is 53.0 Å². The largest absolute Gasteiger partial charge is 0.493 e. The Morgan fingerprint density at radius 2 is 1.92 bits per heavy atom. The number of piperidine rings is 1. The summed E-state index contributed by atoms with van der Waals surface area (Å²) in [7, 11) is 1.97. The van der Waals surface area contributed by atoms with Crippen LogP contribution in [0, 0.1) is 13.8 Å². The van der Waals surface area contributed by atoms with Crippen molar-refractivity contribution in [3.8, 4) is 5.75 Å². The summed E-state index contributed by atoms with van der Waals surface area (Å²) in [5.74, 6) is 1.13. The lowest BCUT2D eigenvalue weighted by Crippen LogP contribution is -2.44. The number of aryl methyl sites for hydroxylation is 2. The molecule has 5 heteroatoms. The monoisotopic (exact) mass is 334 g/mol. The van der Waals surface area contributed by atoms with Gasteiger partial charge in [0.25, 0.3) is 0 Å². The Balaban J connectivity index is 1.66. The van der Waals surface area contributed by atoms with Crippen LogP contribution in [-0.4, -0.2) is 66.8 Å². The van der Waals surface area contributed by atoms with Crippen molar-refractivity contribution in [1.29, 1.82) is 0 Å². The molecule has 1 aliphatic rings. The first-order chi connectivity index (χ1) is 11.5. The van der Waals surface area contributed by atoms with E-state index in [1.807, 2.05) is 22.9 Å². The molecule has 0 unspecified atom stereocenters. The van der Waals surface area contributed by atoms with Crippen LogP contribution in [0.3, 0.4) is 0 Å². The molecule has 1 N–H and O–H groups in total. The van der Waals surface area contributed by atoms with Crippen molar-refractivity contribution in [2.24, 2.45) is 0 Å². The van der Waals surface area contributed by atoms with Crippen molar-refractivity contribution in [2.75, 3.05) is 39.8 Å². The first-order valence-electron chi connectivity index (χ1n) is 8.80. The Morgan fingerprint density at radius 3 is 2.54 bits per heavy atom. The maximum Gasteiger partial charge on any atom is 0.236 e. The van der Waals surface area contributed by atoms with E-state index in [4.69, 9.17) is 4.74 Å². The lowest BCUT2D eigenvalue weighted by molar-refractivity contribution is -0.134. The molecule has 1 amide bonds. The molecule has 134 valence electrons. The number of hydrogen-bond donors (Lipinski definition) is 1. The molecule has 0 aliphatic carbocycles. The first kappa shape index (κ1) is 18.7. The molecule has 0 aromatic heterocycles. The summed E-state index contributed by atoms with van der Waals surface area (Å²) in [4.78, 5) is 16.1. The zero-order valence-electron chi connectivity index (χ0n) is 15.1. The number of para-hydroxylation sites is 1. The summed E-state index contributed by atoms with van der Waals surface area (Å²) >= 11 is 0. The molecule has 0 bridgehead atoms. The van der Waals surface area contributed by atoms with Crippen LogP contribution in [0.5, 0.6) is 5.75 Å². The number of likely N-dealkylation sites (N-methyl/N-ethyl adjacent to an activating group) is 1. The molecule has 2 rings (SSSR count). The second-order valence-corrected chi connectivity index (χ2v) is 6.77. The molecular formula is C19H30N2O3. The molecule has 1 saturated heterocycles. The van der Waals surface area contributed by atoms with Gasteiger partial charge in [-0.2, -0.15) is 0 Å². The summed E-state index contributed by atoms with van der Waals surface area (Å²) in [6, 6.07) is 6.15. The summed E-state index contributed by atoms with van der Waals surface area (Å²) in [5, 5.41) is 9.50. The lowest BCUT2D eigenvalue weighted by atomic mass is 10.1. The number of carbonyl (C=O) groups excluding carboxylic acids is 1. The fourth-order valence-electron chi connectivity index (χ4n) is 3.06. The second-order valence-electron chi connectivity index (χ2n) is 6.77. The van der Waals surface area contributed by atoms with E-state index in [9.17, 15) is 9.90 Å². The van der Waals surface area contributed by atoms with E-state index in [1.165, 1.54) is 0 Å². The van der Waals surface area contributed by atoms with Crippen molar-refractivity contribution in [3.05, 3.63) is 29.3 Å². The standard InChI is InChI=1S/C19H30N2O3/c1-15-6-4-7-16(2)19(15)24-13-5-10-20(3)14-18(23)21-11-8-17(22)9-12-21/h4,6-7,17,22H,5,8-14H2,1-3H3. The second kappa shape index (κ2) is 9.04. The highest BCUT2D eigenvalue weighted by Gasteiger charge is 2.21. The quantitative estimate of drug-likeness (QED) is 0.775. The average molecular weight is 334 g/mol. The highest BCUT2D eigenvalue weighted by atomic mass is 16.5. The summed E-state index contributed by atoms with van der Waals surface area (Å²) in [6.07, 6.45) is 2.03. The number of hydrogen-bond acceptors (Lipinski definition) is 4. The molecule has 1 aliphatic heterocycles. The van der Waals surface area contributed by atoms with Crippen molar-refractivity contribution in [2.45, 2.75) is 39.2 Å². The molecule has 1 fully saturated rings. The Bertz CT molecular complexity index is 519. The van der Waals surface area contributed by atoms with Gasteiger partial charge in [0.1, 0.15) is 5.75 Å². The number of aliphatic hydroxyl groups is 1. The van der Waals surface area contributed by atoms with Crippen molar-refractivity contribution < 1.29 is 14.6 Å². The Kier molecular flexibility index (Phi) is 7.06. The van der Waals surface area contributed by atoms with Crippen LogP contribution in [0.1, 0.15) is 30.4 Å². The zero-order valence-corrected chi connectivity index (χ0v) is 15.1. The normalized spacial score (nSPS) is 15.8. The molecule has 24 heavy (non-hydrogen) atoms. The maximum atomic E-state index is 12.2. The van der Waals surface area contributed by atoms with Crippen LogP contribution in [-0.2, 0) is 4.79 Å². The Morgan fingerprint density at radius 1 is 1.29 bits per heavy atom. The van der Waals surface area contributed by atoms with Gasteiger partial charge in [-0.1, -0.05) is 18.2 Å². The van der Waals surface area contributed by atoms with Gasteiger partial charge in [-0.25, -0.2) is 0 Å². The van der Waals surface area contributed by atoms with Gasteiger partial charge in [-0.05, 0) is 51.3 Å². The third kappa shape index (κ3) is 5.49. The third-order valence-electron chi connectivity index (χ3n) is 4.56. The third-order valence-corrected chi connectivity index (χ3v) is 4.56. The van der Waals surface area contributed by atoms with Crippen LogP contribution in [0.4, 0.5) is 0 Å². The van der Waals surface area contributed by atoms with Gasteiger partial charge in [-0.15, -0.1) is 0 Å². The van der Waals surface area contributed by atoms with E-state index < -0.39 is 0 Å². The molecule has 1 aromatic rings. The van der Waals surface area contributed by atoms with E-state index in [2.05, 4.69) is 26.0 Å². The molecule has 0 spiro atoms. The smallest absolute Gasteiger partial charge is 0.236 e. The predicted octanol–water partition coefficient (Wildman–Crippen LogP) is 1.99. The predicted molar refractivity (Wildman–Crippen MR) is 95.3 cm³/mol. The van der Waals surface area contributed by atoms with E-state index in [1.54, 1.807) is 0 Å². The maximum absolute atomic E-state index is 12.2. The van der Waals surface area contributed by atoms with E-state index in [0.717, 1.165) is 29.8 Å². The fourth-order valence-corrected chi connectivity index (χ4v) is 3.06. The van der Waals surface area contributed by atoms with Gasteiger partial charge in [0.15, 0.2) is 0 Å². The molecule has 0 atom stereocenters. The van der Waals surface area contributed by atoms with E-state index in [0.29, 0.717) is 39.1 Å². The number of carbonyl (C=O) groups is 1. The van der Waals surface area contributed by atoms with Crippen molar-refractivity contribution in [3.63, 3.8) is 0 Å². The van der Waals surface area contributed by atoms with E-state index >= 15 is 0 Å². The lowest BCUT2D eigenvalue weighted by Gasteiger charge is -2.31. The molecule has 5 nitrogen and oxygen atoms in total. The first-order valence-corrected chi connectivity index (χ1v) is 8.80. The number of aliphatic hydroxyl groups excluding tert-OH is 1.